The molecule has 0 spiro atoms. The smallest absolute Gasteiger partial charge is 0.217 e. The van der Waals surface area contributed by atoms with E-state index in [1.54, 1.807) is 0 Å². The molecule has 4 heteroatoms. The SMILES string of the molecule is Cc1cc(CCC(N)=O)c2cccc(OC(C)C)c2n1. The van der Waals surface area contributed by atoms with Crippen LogP contribution in [0.1, 0.15) is 31.5 Å². The van der Waals surface area contributed by atoms with Gasteiger partial charge in [0.2, 0.25) is 5.91 Å². The van der Waals surface area contributed by atoms with Crippen molar-refractivity contribution in [1.82, 2.24) is 4.98 Å². The highest BCUT2D eigenvalue weighted by atomic mass is 16.5. The molecule has 1 heterocycles. The van der Waals surface area contributed by atoms with Crippen LogP contribution in [0.2, 0.25) is 0 Å². The van der Waals surface area contributed by atoms with Crippen LogP contribution in [-0.4, -0.2) is 17.0 Å². The summed E-state index contributed by atoms with van der Waals surface area (Å²) in [5, 5.41) is 1.02. The Kier molecular flexibility index (Phi) is 4.23. The third kappa shape index (κ3) is 3.26. The average Bonchev–Trinajstić information content (AvgIpc) is 2.36. The minimum Gasteiger partial charge on any atom is -0.489 e. The van der Waals surface area contributed by atoms with E-state index in [1.165, 1.54) is 0 Å². The molecule has 1 amide bonds. The molecule has 2 N–H and O–H groups in total. The molecule has 20 heavy (non-hydrogen) atoms. The molecule has 1 aromatic carbocycles. The third-order valence-corrected chi connectivity index (χ3v) is 3.02. The van der Waals surface area contributed by atoms with Crippen LogP contribution in [-0.2, 0) is 11.2 Å². The summed E-state index contributed by atoms with van der Waals surface area (Å²) in [4.78, 5) is 15.6. The molecule has 1 aromatic heterocycles. The van der Waals surface area contributed by atoms with Gasteiger partial charge in [-0.1, -0.05) is 12.1 Å². The number of amides is 1. The van der Waals surface area contributed by atoms with Crippen molar-refractivity contribution in [3.05, 3.63) is 35.5 Å². The van der Waals surface area contributed by atoms with E-state index in [-0.39, 0.29) is 12.0 Å². The minimum absolute atomic E-state index is 0.0944. The maximum Gasteiger partial charge on any atom is 0.217 e. The van der Waals surface area contributed by atoms with Gasteiger partial charge in [0.15, 0.2) is 0 Å². The van der Waals surface area contributed by atoms with E-state index < -0.39 is 0 Å². The van der Waals surface area contributed by atoms with Crippen LogP contribution in [0.5, 0.6) is 5.75 Å². The first-order valence-electron chi connectivity index (χ1n) is 6.81. The molecule has 0 aliphatic heterocycles. The van der Waals surface area contributed by atoms with Gasteiger partial charge in [0.05, 0.1) is 6.10 Å². The zero-order chi connectivity index (χ0) is 14.7. The number of hydrogen-bond acceptors (Lipinski definition) is 3. The number of aromatic nitrogens is 1. The second kappa shape index (κ2) is 5.90. The molecule has 106 valence electrons. The quantitative estimate of drug-likeness (QED) is 0.910. The molecule has 0 radical (unpaired) electrons. The first-order chi connectivity index (χ1) is 9.47. The van der Waals surface area contributed by atoms with Crippen LogP contribution in [0.25, 0.3) is 10.9 Å². The molecule has 0 fully saturated rings. The van der Waals surface area contributed by atoms with Crippen LogP contribution in [0.3, 0.4) is 0 Å². The fourth-order valence-electron chi connectivity index (χ4n) is 2.25. The lowest BCUT2D eigenvalue weighted by molar-refractivity contribution is -0.117. The van der Waals surface area contributed by atoms with Crippen LogP contribution >= 0.6 is 0 Å². The molecule has 0 atom stereocenters. The maximum atomic E-state index is 11.0. The maximum absolute atomic E-state index is 11.0. The van der Waals surface area contributed by atoms with Gasteiger partial charge in [0, 0.05) is 17.5 Å². The van der Waals surface area contributed by atoms with Gasteiger partial charge >= 0.3 is 0 Å². The third-order valence-electron chi connectivity index (χ3n) is 3.02. The molecular formula is C16H20N2O2. The van der Waals surface area contributed by atoms with E-state index >= 15 is 0 Å². The monoisotopic (exact) mass is 272 g/mol. The number of rotatable bonds is 5. The predicted octanol–water partition coefficient (Wildman–Crippen LogP) is 2.75. The van der Waals surface area contributed by atoms with Gasteiger partial charge in [-0.15, -0.1) is 0 Å². The van der Waals surface area contributed by atoms with Crippen LogP contribution in [0.4, 0.5) is 0 Å². The van der Waals surface area contributed by atoms with E-state index in [9.17, 15) is 4.79 Å². The zero-order valence-corrected chi connectivity index (χ0v) is 12.1. The van der Waals surface area contributed by atoms with Crippen molar-refractivity contribution in [2.45, 2.75) is 39.7 Å². The van der Waals surface area contributed by atoms with Gasteiger partial charge in [-0.3, -0.25) is 4.79 Å². The minimum atomic E-state index is -0.290. The van der Waals surface area contributed by atoms with Crippen LogP contribution < -0.4 is 10.5 Å². The number of carbonyl (C=O) groups is 1. The lowest BCUT2D eigenvalue weighted by atomic mass is 10.0. The highest BCUT2D eigenvalue weighted by Crippen LogP contribution is 2.28. The van der Waals surface area contributed by atoms with Gasteiger partial charge in [-0.2, -0.15) is 0 Å². The molecule has 0 aliphatic carbocycles. The Morgan fingerprint density at radius 1 is 1.40 bits per heavy atom. The fraction of sp³-hybridized carbons (Fsp3) is 0.375. The van der Waals surface area contributed by atoms with Gasteiger partial charge < -0.3 is 10.5 Å². The number of carbonyl (C=O) groups excluding carboxylic acids is 1. The number of ether oxygens (including phenoxy) is 1. The van der Waals surface area contributed by atoms with Crippen LogP contribution in [0, 0.1) is 6.92 Å². The Morgan fingerprint density at radius 2 is 2.15 bits per heavy atom. The van der Waals surface area contributed by atoms with Crippen molar-refractivity contribution >= 4 is 16.8 Å². The summed E-state index contributed by atoms with van der Waals surface area (Å²) in [5.74, 6) is 0.490. The number of pyridine rings is 1. The summed E-state index contributed by atoms with van der Waals surface area (Å²) in [5.41, 5.74) is 8.08. The highest BCUT2D eigenvalue weighted by Gasteiger charge is 2.10. The van der Waals surface area contributed by atoms with Crippen LogP contribution in [0.15, 0.2) is 24.3 Å². The Labute approximate surface area is 119 Å². The van der Waals surface area contributed by atoms with Gasteiger partial charge in [0.1, 0.15) is 11.3 Å². The normalized spacial score (nSPS) is 11.0. The molecule has 0 aliphatic rings. The summed E-state index contributed by atoms with van der Waals surface area (Å²) in [6.07, 6.45) is 1.06. The Bertz CT molecular complexity index is 636. The standard InChI is InChI=1S/C16H20N2O2/c1-10(2)20-14-6-4-5-13-12(7-8-15(17)19)9-11(3)18-16(13)14/h4-6,9-10H,7-8H2,1-3H3,(H2,17,19). The van der Waals surface area contributed by atoms with Crippen molar-refractivity contribution in [2.24, 2.45) is 5.73 Å². The molecule has 2 aromatic rings. The lowest BCUT2D eigenvalue weighted by Gasteiger charge is -2.14. The lowest BCUT2D eigenvalue weighted by Crippen LogP contribution is -2.11. The topological polar surface area (TPSA) is 65.2 Å². The van der Waals surface area contributed by atoms with E-state index in [0.29, 0.717) is 12.8 Å². The van der Waals surface area contributed by atoms with Crippen molar-refractivity contribution in [2.75, 3.05) is 0 Å². The number of benzene rings is 1. The Balaban J connectivity index is 2.51. The van der Waals surface area contributed by atoms with Gasteiger partial charge in [-0.25, -0.2) is 4.98 Å². The van der Waals surface area contributed by atoms with E-state index in [2.05, 4.69) is 4.98 Å². The summed E-state index contributed by atoms with van der Waals surface area (Å²) < 4.78 is 5.81. The summed E-state index contributed by atoms with van der Waals surface area (Å²) in [6.45, 7) is 5.92. The Morgan fingerprint density at radius 3 is 2.80 bits per heavy atom. The van der Waals surface area contributed by atoms with Gasteiger partial charge in [-0.05, 0) is 44.9 Å². The van der Waals surface area contributed by atoms with E-state index in [0.717, 1.165) is 27.9 Å². The number of primary amides is 1. The van der Waals surface area contributed by atoms with E-state index in [4.69, 9.17) is 10.5 Å². The number of fused-ring (bicyclic) bond motifs is 1. The molecule has 0 saturated heterocycles. The number of hydrogen-bond donors (Lipinski definition) is 1. The predicted molar refractivity (Wildman–Crippen MR) is 79.8 cm³/mol. The largest absolute Gasteiger partial charge is 0.489 e. The van der Waals surface area contributed by atoms with Crippen molar-refractivity contribution in [1.29, 1.82) is 0 Å². The second-order valence-corrected chi connectivity index (χ2v) is 5.21. The molecule has 2 rings (SSSR count). The zero-order valence-electron chi connectivity index (χ0n) is 12.1. The second-order valence-electron chi connectivity index (χ2n) is 5.21. The number of nitrogens with zero attached hydrogens (tertiary/aromatic N) is 1. The first kappa shape index (κ1) is 14.3. The molecular weight excluding hydrogens is 252 g/mol. The number of aryl methyl sites for hydroxylation is 2. The number of nitrogens with two attached hydrogens (primary N) is 1. The summed E-state index contributed by atoms with van der Waals surface area (Å²) >= 11 is 0. The molecule has 0 unspecified atom stereocenters. The fourth-order valence-corrected chi connectivity index (χ4v) is 2.25. The Hall–Kier alpha value is -2.10. The van der Waals surface area contributed by atoms with Crippen molar-refractivity contribution < 1.29 is 9.53 Å². The molecule has 0 saturated carbocycles. The van der Waals surface area contributed by atoms with Crippen molar-refractivity contribution in [3.63, 3.8) is 0 Å². The van der Waals surface area contributed by atoms with Crippen molar-refractivity contribution in [3.8, 4) is 5.75 Å². The molecule has 0 bridgehead atoms. The van der Waals surface area contributed by atoms with E-state index in [1.807, 2.05) is 45.0 Å². The highest BCUT2D eigenvalue weighted by molar-refractivity contribution is 5.88. The summed E-state index contributed by atoms with van der Waals surface area (Å²) in [7, 11) is 0. The summed E-state index contributed by atoms with van der Waals surface area (Å²) in [6, 6.07) is 7.88. The average molecular weight is 272 g/mol. The number of para-hydroxylation sites is 1. The molecule has 4 nitrogen and oxygen atoms in total. The first-order valence-corrected chi connectivity index (χ1v) is 6.81. The van der Waals surface area contributed by atoms with Gasteiger partial charge in [0.25, 0.3) is 0 Å².